The second kappa shape index (κ2) is 22.1. The molecule has 302 valence electrons. The Labute approximate surface area is 318 Å². The Balaban J connectivity index is 1.88. The van der Waals surface area contributed by atoms with Crippen LogP contribution in [0.3, 0.4) is 0 Å². The maximum Gasteiger partial charge on any atom is 0.303 e. The lowest BCUT2D eigenvalue weighted by molar-refractivity contribution is -0.202. The number of esters is 1. The lowest BCUT2D eigenvalue weighted by atomic mass is 9.92. The van der Waals surface area contributed by atoms with Crippen LogP contribution in [0.15, 0.2) is 23.8 Å². The SMILES string of the molecule is CC=CC(=O)CC1CCC2(O)CC(C)C(CCCNC(=O)C(C)C3CNC(=O)CC(O1)C(C)CCCCC(CCC(C)C=C(C)C(C)OC(C)=O)O3)O2. The molecule has 3 rings (SSSR count). The Morgan fingerprint density at radius 2 is 1.66 bits per heavy atom. The third kappa shape index (κ3) is 15.6. The van der Waals surface area contributed by atoms with Crippen LogP contribution in [0.25, 0.3) is 0 Å². The molecule has 0 aromatic rings. The van der Waals surface area contributed by atoms with Crippen molar-refractivity contribution in [3.63, 3.8) is 0 Å². The summed E-state index contributed by atoms with van der Waals surface area (Å²) >= 11 is 0. The van der Waals surface area contributed by atoms with E-state index in [0.717, 1.165) is 44.1 Å². The first kappa shape index (κ1) is 44.8. The first-order chi connectivity index (χ1) is 25.1. The van der Waals surface area contributed by atoms with Crippen molar-refractivity contribution in [1.29, 1.82) is 0 Å². The minimum absolute atomic E-state index is 0.0392. The van der Waals surface area contributed by atoms with Gasteiger partial charge in [-0.25, -0.2) is 0 Å². The molecule has 2 amide bonds. The summed E-state index contributed by atoms with van der Waals surface area (Å²) in [6, 6.07) is 0. The molecule has 3 N–H and O–H groups in total. The molecule has 0 aliphatic carbocycles. The summed E-state index contributed by atoms with van der Waals surface area (Å²) in [6.45, 7) is 15.9. The summed E-state index contributed by atoms with van der Waals surface area (Å²) in [4.78, 5) is 51.5. The van der Waals surface area contributed by atoms with Crippen molar-refractivity contribution >= 4 is 23.6 Å². The number of amides is 2. The monoisotopic (exact) mass is 747 g/mol. The van der Waals surface area contributed by atoms with Crippen molar-refractivity contribution in [3.8, 4) is 0 Å². The summed E-state index contributed by atoms with van der Waals surface area (Å²) in [5, 5.41) is 17.6. The standard InChI is InChI=1S/C42H70N2O9/c1-9-13-34(46)23-36-19-20-42(49)25-30(5)37(53-42)16-12-21-43-41(48)31(6)39-26-44-40(47)24-38(52-36)28(3)14-10-11-15-35(51-39)18-17-27(2)22-29(4)32(7)50-33(8)45/h9,13,22,27-28,30-32,35-39,49H,10-12,14-21,23-26H2,1-8H3,(H,43,48)(H,44,47). The van der Waals surface area contributed by atoms with Crippen LogP contribution in [-0.4, -0.2) is 84.2 Å². The van der Waals surface area contributed by atoms with E-state index in [2.05, 4.69) is 37.5 Å². The van der Waals surface area contributed by atoms with Gasteiger partial charge in [0.15, 0.2) is 11.6 Å². The second-order valence-electron chi connectivity index (χ2n) is 16.3. The van der Waals surface area contributed by atoms with Crippen molar-refractivity contribution in [2.45, 2.75) is 181 Å². The zero-order chi connectivity index (χ0) is 39.1. The number of aliphatic hydroxyl groups is 1. The first-order valence-electron chi connectivity index (χ1n) is 20.4. The van der Waals surface area contributed by atoms with Gasteiger partial charge in [0.05, 0.1) is 42.9 Å². The largest absolute Gasteiger partial charge is 0.458 e. The Bertz CT molecular complexity index is 1250. The third-order valence-corrected chi connectivity index (χ3v) is 11.4. The van der Waals surface area contributed by atoms with Gasteiger partial charge in [-0.05, 0) is 95.1 Å². The van der Waals surface area contributed by atoms with Crippen molar-refractivity contribution in [1.82, 2.24) is 10.6 Å². The van der Waals surface area contributed by atoms with E-state index in [4.69, 9.17) is 18.9 Å². The Kier molecular flexibility index (Phi) is 18.7. The fraction of sp³-hybridized carbons (Fsp3) is 0.810. The van der Waals surface area contributed by atoms with Gasteiger partial charge in [0.25, 0.3) is 0 Å². The molecule has 11 unspecified atom stereocenters. The summed E-state index contributed by atoms with van der Waals surface area (Å²) in [6.07, 6.45) is 11.4. The molecule has 11 heteroatoms. The summed E-state index contributed by atoms with van der Waals surface area (Å²) in [5.41, 5.74) is 1.00. The van der Waals surface area contributed by atoms with E-state index < -0.39 is 30.0 Å². The van der Waals surface area contributed by atoms with Gasteiger partial charge in [0.1, 0.15) is 6.10 Å². The second-order valence-corrected chi connectivity index (χ2v) is 16.3. The highest BCUT2D eigenvalue weighted by molar-refractivity contribution is 5.89. The number of allylic oxidation sites excluding steroid dienone is 3. The molecule has 4 bridgehead atoms. The fourth-order valence-corrected chi connectivity index (χ4v) is 7.97. The van der Waals surface area contributed by atoms with Gasteiger partial charge >= 0.3 is 5.97 Å². The smallest absolute Gasteiger partial charge is 0.303 e. The molecule has 0 aromatic heterocycles. The van der Waals surface area contributed by atoms with Crippen LogP contribution in [0.2, 0.25) is 0 Å². The van der Waals surface area contributed by atoms with Crippen molar-refractivity contribution in [2.75, 3.05) is 13.1 Å². The number of ether oxygens (including phenoxy) is 4. The number of hydrogen-bond donors (Lipinski definition) is 3. The minimum atomic E-state index is -1.32. The molecule has 3 saturated heterocycles. The van der Waals surface area contributed by atoms with E-state index in [9.17, 15) is 24.3 Å². The zero-order valence-corrected chi connectivity index (χ0v) is 33.8. The van der Waals surface area contributed by atoms with Gasteiger partial charge in [-0.2, -0.15) is 0 Å². The average molecular weight is 747 g/mol. The summed E-state index contributed by atoms with van der Waals surface area (Å²) in [5.74, 6) is -2.12. The van der Waals surface area contributed by atoms with Crippen LogP contribution in [0.4, 0.5) is 0 Å². The quantitative estimate of drug-likeness (QED) is 0.137. The summed E-state index contributed by atoms with van der Waals surface area (Å²) < 4.78 is 25.1. The highest BCUT2D eigenvalue weighted by atomic mass is 16.6. The molecular formula is C42H70N2O9. The molecule has 53 heavy (non-hydrogen) atoms. The predicted octanol–water partition coefficient (Wildman–Crippen LogP) is 6.50. The number of rotatable bonds is 9. The number of nitrogens with one attached hydrogen (secondary N) is 2. The van der Waals surface area contributed by atoms with Gasteiger partial charge in [-0.15, -0.1) is 0 Å². The van der Waals surface area contributed by atoms with Crippen LogP contribution < -0.4 is 10.6 Å². The van der Waals surface area contributed by atoms with Crippen LogP contribution >= 0.6 is 0 Å². The molecular weight excluding hydrogens is 676 g/mol. The molecule has 0 saturated carbocycles. The molecule has 3 aliphatic rings. The van der Waals surface area contributed by atoms with Crippen LogP contribution in [0.5, 0.6) is 0 Å². The molecule has 11 atom stereocenters. The zero-order valence-electron chi connectivity index (χ0n) is 33.8. The number of carbonyl (C=O) groups is 4. The van der Waals surface area contributed by atoms with E-state index in [1.165, 1.54) is 6.92 Å². The molecule has 0 aromatic carbocycles. The van der Waals surface area contributed by atoms with Crippen molar-refractivity contribution in [2.24, 2.45) is 23.7 Å². The molecule has 0 spiro atoms. The Morgan fingerprint density at radius 1 is 0.943 bits per heavy atom. The van der Waals surface area contributed by atoms with Gasteiger partial charge in [-0.3, -0.25) is 19.2 Å². The van der Waals surface area contributed by atoms with Crippen LogP contribution in [0.1, 0.15) is 139 Å². The van der Waals surface area contributed by atoms with E-state index >= 15 is 0 Å². The maximum absolute atomic E-state index is 13.6. The third-order valence-electron chi connectivity index (χ3n) is 11.4. The predicted molar refractivity (Wildman–Crippen MR) is 205 cm³/mol. The molecule has 3 aliphatic heterocycles. The van der Waals surface area contributed by atoms with E-state index in [0.29, 0.717) is 38.6 Å². The highest BCUT2D eigenvalue weighted by Crippen LogP contribution is 2.39. The topological polar surface area (TPSA) is 149 Å². The number of fused-ring (bicyclic) bond motifs is 7. The maximum atomic E-state index is 13.6. The highest BCUT2D eigenvalue weighted by Gasteiger charge is 2.43. The van der Waals surface area contributed by atoms with Gasteiger partial charge < -0.3 is 34.7 Å². The number of ketones is 1. The number of hydrogen-bond acceptors (Lipinski definition) is 9. The molecule has 3 heterocycles. The summed E-state index contributed by atoms with van der Waals surface area (Å²) in [7, 11) is 0. The van der Waals surface area contributed by atoms with Crippen molar-refractivity contribution < 1.29 is 43.2 Å². The first-order valence-corrected chi connectivity index (χ1v) is 20.4. The van der Waals surface area contributed by atoms with E-state index in [1.54, 1.807) is 12.2 Å². The fourth-order valence-electron chi connectivity index (χ4n) is 7.97. The minimum Gasteiger partial charge on any atom is -0.458 e. The van der Waals surface area contributed by atoms with Crippen LogP contribution in [0, 0.1) is 23.7 Å². The van der Waals surface area contributed by atoms with Gasteiger partial charge in [0.2, 0.25) is 11.8 Å². The van der Waals surface area contributed by atoms with Gasteiger partial charge in [-0.1, -0.05) is 52.7 Å². The lowest BCUT2D eigenvalue weighted by Crippen LogP contribution is -2.46. The van der Waals surface area contributed by atoms with Crippen LogP contribution in [-0.2, 0) is 38.1 Å². The van der Waals surface area contributed by atoms with E-state index in [1.807, 2.05) is 27.7 Å². The number of carbonyl (C=O) groups excluding carboxylic acids is 4. The van der Waals surface area contributed by atoms with Gasteiger partial charge in [0, 0.05) is 39.3 Å². The van der Waals surface area contributed by atoms with E-state index in [-0.39, 0.29) is 79.0 Å². The normalized spacial score (nSPS) is 34.5. The van der Waals surface area contributed by atoms with Crippen molar-refractivity contribution in [3.05, 3.63) is 23.8 Å². The Morgan fingerprint density at radius 3 is 2.38 bits per heavy atom. The average Bonchev–Trinajstić information content (AvgIpc) is 3.38. The lowest BCUT2D eigenvalue weighted by Gasteiger charge is -2.31. The molecule has 0 radical (unpaired) electrons. The Hall–Kier alpha value is -2.60. The molecule has 11 nitrogen and oxygen atoms in total. The molecule has 3 fully saturated rings.